The maximum Gasteiger partial charge on any atom is 0.0522 e. The van der Waals surface area contributed by atoms with Crippen molar-refractivity contribution in [1.29, 1.82) is 0 Å². The topological polar surface area (TPSA) is 29.9 Å². The number of aromatic nitrogens is 2. The zero-order valence-corrected chi connectivity index (χ0v) is 13.2. The molecule has 1 unspecified atom stereocenters. The van der Waals surface area contributed by atoms with E-state index in [1.165, 1.54) is 16.7 Å². The average molecular weight is 322 g/mol. The Morgan fingerprint density at radius 3 is 2.79 bits per heavy atom. The SMILES string of the molecule is CCn1cc(CC(NC)c2ccc(Br)cc2C)cn1. The third kappa shape index (κ3) is 3.45. The molecule has 4 heteroatoms. The highest BCUT2D eigenvalue weighted by Crippen LogP contribution is 2.24. The molecule has 2 rings (SSSR count). The third-order valence-electron chi connectivity index (χ3n) is 3.41. The Kier molecular flexibility index (Phi) is 4.77. The van der Waals surface area contributed by atoms with Crippen molar-refractivity contribution in [3.8, 4) is 0 Å². The zero-order chi connectivity index (χ0) is 13.8. The van der Waals surface area contributed by atoms with Crippen LogP contribution >= 0.6 is 15.9 Å². The first kappa shape index (κ1) is 14.3. The summed E-state index contributed by atoms with van der Waals surface area (Å²) in [4.78, 5) is 0. The number of rotatable bonds is 5. The molecule has 0 amide bonds. The van der Waals surface area contributed by atoms with Gasteiger partial charge in [-0.25, -0.2) is 0 Å². The first-order chi connectivity index (χ1) is 9.13. The molecular weight excluding hydrogens is 302 g/mol. The van der Waals surface area contributed by atoms with Gasteiger partial charge in [-0.05, 0) is 56.1 Å². The van der Waals surface area contributed by atoms with Gasteiger partial charge in [-0.3, -0.25) is 4.68 Å². The van der Waals surface area contributed by atoms with Crippen molar-refractivity contribution in [1.82, 2.24) is 15.1 Å². The Hall–Kier alpha value is -1.13. The molecule has 3 nitrogen and oxygen atoms in total. The lowest BCUT2D eigenvalue weighted by Gasteiger charge is -2.18. The predicted molar refractivity (Wildman–Crippen MR) is 82.3 cm³/mol. The number of halogens is 1. The number of aryl methyl sites for hydroxylation is 2. The van der Waals surface area contributed by atoms with E-state index in [1.54, 1.807) is 0 Å². The summed E-state index contributed by atoms with van der Waals surface area (Å²) >= 11 is 3.51. The van der Waals surface area contributed by atoms with Gasteiger partial charge in [-0.1, -0.05) is 22.0 Å². The molecular formula is C15H20BrN3. The van der Waals surface area contributed by atoms with E-state index < -0.39 is 0 Å². The van der Waals surface area contributed by atoms with Gasteiger partial charge in [0.05, 0.1) is 6.20 Å². The third-order valence-corrected chi connectivity index (χ3v) is 3.90. The van der Waals surface area contributed by atoms with Crippen LogP contribution in [0.4, 0.5) is 0 Å². The van der Waals surface area contributed by atoms with Crippen molar-refractivity contribution in [2.45, 2.75) is 32.9 Å². The molecule has 1 aromatic heterocycles. The van der Waals surface area contributed by atoms with Gasteiger partial charge in [0.15, 0.2) is 0 Å². The standard InChI is InChI=1S/C15H20BrN3/c1-4-19-10-12(9-18-19)8-15(17-3)14-6-5-13(16)7-11(14)2/h5-7,9-10,15,17H,4,8H2,1-3H3. The van der Waals surface area contributed by atoms with Crippen molar-refractivity contribution in [2.75, 3.05) is 7.05 Å². The summed E-state index contributed by atoms with van der Waals surface area (Å²) in [6.07, 6.45) is 5.04. The largest absolute Gasteiger partial charge is 0.313 e. The van der Waals surface area contributed by atoms with Gasteiger partial charge in [0.25, 0.3) is 0 Å². The molecule has 0 aliphatic heterocycles. The van der Waals surface area contributed by atoms with Crippen LogP contribution in [-0.4, -0.2) is 16.8 Å². The fourth-order valence-electron chi connectivity index (χ4n) is 2.32. The molecule has 0 saturated heterocycles. The molecule has 0 bridgehead atoms. The van der Waals surface area contributed by atoms with Crippen molar-refractivity contribution in [2.24, 2.45) is 0 Å². The van der Waals surface area contributed by atoms with Crippen LogP contribution in [0.3, 0.4) is 0 Å². The smallest absolute Gasteiger partial charge is 0.0522 e. The molecule has 19 heavy (non-hydrogen) atoms. The number of hydrogen-bond donors (Lipinski definition) is 1. The molecule has 0 fully saturated rings. The Morgan fingerprint density at radius 2 is 2.21 bits per heavy atom. The Morgan fingerprint density at radius 1 is 1.42 bits per heavy atom. The number of likely N-dealkylation sites (N-methyl/N-ethyl adjacent to an activating group) is 1. The maximum absolute atomic E-state index is 4.33. The summed E-state index contributed by atoms with van der Waals surface area (Å²) in [6.45, 7) is 5.17. The molecule has 0 aliphatic carbocycles. The van der Waals surface area contributed by atoms with Gasteiger partial charge in [-0.2, -0.15) is 5.10 Å². The fraction of sp³-hybridized carbons (Fsp3) is 0.400. The van der Waals surface area contributed by atoms with E-state index in [0.29, 0.717) is 6.04 Å². The lowest BCUT2D eigenvalue weighted by molar-refractivity contribution is 0.587. The molecule has 1 atom stereocenters. The van der Waals surface area contributed by atoms with E-state index >= 15 is 0 Å². The quantitative estimate of drug-likeness (QED) is 0.913. The fourth-order valence-corrected chi connectivity index (χ4v) is 2.79. The van der Waals surface area contributed by atoms with Crippen LogP contribution < -0.4 is 5.32 Å². The van der Waals surface area contributed by atoms with Crippen LogP contribution in [0.25, 0.3) is 0 Å². The van der Waals surface area contributed by atoms with Crippen LogP contribution in [0.5, 0.6) is 0 Å². The summed E-state index contributed by atoms with van der Waals surface area (Å²) in [5.41, 5.74) is 3.91. The van der Waals surface area contributed by atoms with Crippen LogP contribution in [0, 0.1) is 6.92 Å². The molecule has 1 N–H and O–H groups in total. The highest BCUT2D eigenvalue weighted by atomic mass is 79.9. The van der Waals surface area contributed by atoms with Crippen molar-refractivity contribution in [3.63, 3.8) is 0 Å². The minimum atomic E-state index is 0.322. The van der Waals surface area contributed by atoms with E-state index in [4.69, 9.17) is 0 Å². The highest BCUT2D eigenvalue weighted by molar-refractivity contribution is 9.10. The van der Waals surface area contributed by atoms with Gasteiger partial charge in [-0.15, -0.1) is 0 Å². The molecule has 1 aromatic carbocycles. The Bertz CT molecular complexity index is 548. The minimum Gasteiger partial charge on any atom is -0.313 e. The molecule has 2 aromatic rings. The van der Waals surface area contributed by atoms with E-state index in [-0.39, 0.29) is 0 Å². The van der Waals surface area contributed by atoms with E-state index in [2.05, 4.69) is 64.6 Å². The molecule has 0 spiro atoms. The van der Waals surface area contributed by atoms with Gasteiger partial charge in [0.1, 0.15) is 0 Å². The van der Waals surface area contributed by atoms with Crippen LogP contribution in [-0.2, 0) is 13.0 Å². The lowest BCUT2D eigenvalue weighted by Crippen LogP contribution is -2.19. The van der Waals surface area contributed by atoms with Crippen LogP contribution in [0.15, 0.2) is 35.1 Å². The molecule has 0 aliphatic rings. The normalized spacial score (nSPS) is 12.6. The van der Waals surface area contributed by atoms with Gasteiger partial charge < -0.3 is 5.32 Å². The number of benzene rings is 1. The number of nitrogens with zero attached hydrogens (tertiary/aromatic N) is 2. The van der Waals surface area contributed by atoms with Crippen molar-refractivity contribution in [3.05, 3.63) is 51.8 Å². The number of nitrogens with one attached hydrogen (secondary N) is 1. The predicted octanol–water partition coefficient (Wildman–Crippen LogP) is 3.48. The summed E-state index contributed by atoms with van der Waals surface area (Å²) in [6, 6.07) is 6.77. The second-order valence-corrected chi connectivity index (χ2v) is 5.67. The summed E-state index contributed by atoms with van der Waals surface area (Å²) in [7, 11) is 2.01. The second kappa shape index (κ2) is 6.35. The van der Waals surface area contributed by atoms with E-state index in [9.17, 15) is 0 Å². The second-order valence-electron chi connectivity index (χ2n) is 4.75. The monoisotopic (exact) mass is 321 g/mol. The van der Waals surface area contributed by atoms with Gasteiger partial charge in [0.2, 0.25) is 0 Å². The van der Waals surface area contributed by atoms with Gasteiger partial charge >= 0.3 is 0 Å². The van der Waals surface area contributed by atoms with Crippen LogP contribution in [0.2, 0.25) is 0 Å². The van der Waals surface area contributed by atoms with Gasteiger partial charge in [0, 0.05) is 23.3 Å². The van der Waals surface area contributed by atoms with Crippen molar-refractivity contribution < 1.29 is 0 Å². The van der Waals surface area contributed by atoms with Crippen molar-refractivity contribution >= 4 is 15.9 Å². The summed E-state index contributed by atoms with van der Waals surface area (Å²) in [5.74, 6) is 0. The highest BCUT2D eigenvalue weighted by Gasteiger charge is 2.13. The first-order valence-corrected chi connectivity index (χ1v) is 7.38. The number of hydrogen-bond acceptors (Lipinski definition) is 2. The first-order valence-electron chi connectivity index (χ1n) is 6.58. The summed E-state index contributed by atoms with van der Waals surface area (Å²) < 4.78 is 3.10. The van der Waals surface area contributed by atoms with E-state index in [1.807, 2.05) is 17.9 Å². The molecule has 0 saturated carbocycles. The Balaban J connectivity index is 2.19. The van der Waals surface area contributed by atoms with Crippen LogP contribution in [0.1, 0.15) is 29.7 Å². The lowest BCUT2D eigenvalue weighted by atomic mass is 9.97. The minimum absolute atomic E-state index is 0.322. The average Bonchev–Trinajstić information content (AvgIpc) is 2.84. The molecule has 1 heterocycles. The van der Waals surface area contributed by atoms with E-state index in [0.717, 1.165) is 17.4 Å². The summed E-state index contributed by atoms with van der Waals surface area (Å²) in [5, 5.41) is 7.74. The maximum atomic E-state index is 4.33. The molecule has 0 radical (unpaired) electrons. The Labute approximate surface area is 123 Å². The molecule has 102 valence electrons. The zero-order valence-electron chi connectivity index (χ0n) is 11.7.